The van der Waals surface area contributed by atoms with E-state index in [4.69, 9.17) is 9.52 Å². The summed E-state index contributed by atoms with van der Waals surface area (Å²) in [5, 5.41) is 8.88. The third-order valence-corrected chi connectivity index (χ3v) is 2.49. The minimum Gasteiger partial charge on any atom is -0.475 e. The highest BCUT2D eigenvalue weighted by atomic mass is 16.4. The molecular weight excluding hydrogens is 222 g/mol. The third-order valence-electron chi connectivity index (χ3n) is 2.49. The van der Waals surface area contributed by atoms with Gasteiger partial charge in [-0.15, -0.1) is 0 Å². The molecule has 0 spiro atoms. The topological polar surface area (TPSA) is 72.4 Å². The molecule has 0 radical (unpaired) electrons. The standard InChI is InChI=1S/C12H11NO4/c1-8-3-2-5-13(11(8)14)7-9-4-6-17-10(9)12(15)16/h2-6H,7H2,1H3,(H,15,16). The van der Waals surface area contributed by atoms with Gasteiger partial charge >= 0.3 is 5.97 Å². The Morgan fingerprint density at radius 1 is 1.47 bits per heavy atom. The Labute approximate surface area is 96.9 Å². The van der Waals surface area contributed by atoms with Crippen LogP contribution >= 0.6 is 0 Å². The molecule has 0 aliphatic carbocycles. The number of aryl methyl sites for hydroxylation is 1. The molecule has 2 heterocycles. The summed E-state index contributed by atoms with van der Waals surface area (Å²) in [6.07, 6.45) is 2.92. The first-order valence-electron chi connectivity index (χ1n) is 5.05. The van der Waals surface area contributed by atoms with Gasteiger partial charge in [0.05, 0.1) is 12.8 Å². The Balaban J connectivity index is 2.38. The van der Waals surface area contributed by atoms with E-state index in [9.17, 15) is 9.59 Å². The number of carboxylic acids is 1. The number of nitrogens with zero attached hydrogens (tertiary/aromatic N) is 1. The quantitative estimate of drug-likeness (QED) is 0.871. The second-order valence-electron chi connectivity index (χ2n) is 3.70. The SMILES string of the molecule is Cc1cccn(Cc2ccoc2C(=O)O)c1=O. The fourth-order valence-electron chi connectivity index (χ4n) is 1.61. The van der Waals surface area contributed by atoms with Crippen molar-refractivity contribution < 1.29 is 14.3 Å². The number of carboxylic acid groups (broad SMARTS) is 1. The van der Waals surface area contributed by atoms with E-state index in [1.165, 1.54) is 10.8 Å². The molecule has 1 N–H and O–H groups in total. The highest BCUT2D eigenvalue weighted by molar-refractivity contribution is 5.86. The lowest BCUT2D eigenvalue weighted by atomic mass is 10.2. The first-order valence-corrected chi connectivity index (χ1v) is 5.05. The van der Waals surface area contributed by atoms with Gasteiger partial charge in [-0.05, 0) is 19.1 Å². The van der Waals surface area contributed by atoms with Gasteiger partial charge in [-0.3, -0.25) is 4.79 Å². The molecule has 0 aromatic carbocycles. The highest BCUT2D eigenvalue weighted by Crippen LogP contribution is 2.11. The van der Waals surface area contributed by atoms with Crippen LogP contribution < -0.4 is 5.56 Å². The molecule has 0 amide bonds. The lowest BCUT2D eigenvalue weighted by Gasteiger charge is -2.05. The summed E-state index contributed by atoms with van der Waals surface area (Å²) in [4.78, 5) is 22.6. The summed E-state index contributed by atoms with van der Waals surface area (Å²) in [6, 6.07) is 5.02. The van der Waals surface area contributed by atoms with E-state index < -0.39 is 5.97 Å². The number of furan rings is 1. The molecule has 0 bridgehead atoms. The van der Waals surface area contributed by atoms with Crippen molar-refractivity contribution >= 4 is 5.97 Å². The van der Waals surface area contributed by atoms with Gasteiger partial charge in [-0.2, -0.15) is 0 Å². The lowest BCUT2D eigenvalue weighted by molar-refractivity contribution is 0.0660. The normalized spacial score (nSPS) is 10.4. The van der Waals surface area contributed by atoms with Crippen LogP contribution in [0.25, 0.3) is 0 Å². The van der Waals surface area contributed by atoms with Gasteiger partial charge in [0.1, 0.15) is 0 Å². The molecule has 5 nitrogen and oxygen atoms in total. The van der Waals surface area contributed by atoms with Crippen LogP contribution in [0.1, 0.15) is 21.7 Å². The zero-order valence-corrected chi connectivity index (χ0v) is 9.21. The van der Waals surface area contributed by atoms with E-state index in [-0.39, 0.29) is 17.9 Å². The minimum absolute atomic E-state index is 0.126. The maximum atomic E-state index is 11.8. The Morgan fingerprint density at radius 3 is 2.94 bits per heavy atom. The second kappa shape index (κ2) is 4.29. The van der Waals surface area contributed by atoms with E-state index in [0.29, 0.717) is 11.1 Å². The molecule has 5 heteroatoms. The maximum Gasteiger partial charge on any atom is 0.372 e. The highest BCUT2D eigenvalue weighted by Gasteiger charge is 2.14. The summed E-state index contributed by atoms with van der Waals surface area (Å²) >= 11 is 0. The molecule has 17 heavy (non-hydrogen) atoms. The third kappa shape index (κ3) is 2.13. The minimum atomic E-state index is -1.13. The summed E-state index contributed by atoms with van der Waals surface area (Å²) in [7, 11) is 0. The van der Waals surface area contributed by atoms with Crippen molar-refractivity contribution in [2.45, 2.75) is 13.5 Å². The van der Waals surface area contributed by atoms with Crippen LogP contribution in [0.5, 0.6) is 0 Å². The van der Waals surface area contributed by atoms with Crippen molar-refractivity contribution in [3.05, 3.63) is 57.9 Å². The van der Waals surface area contributed by atoms with Gasteiger partial charge in [-0.1, -0.05) is 6.07 Å². The van der Waals surface area contributed by atoms with Crippen LogP contribution in [0.15, 0.2) is 39.9 Å². The molecule has 0 saturated carbocycles. The first-order chi connectivity index (χ1) is 8.09. The molecule has 2 rings (SSSR count). The average molecular weight is 233 g/mol. The molecule has 2 aromatic heterocycles. The van der Waals surface area contributed by atoms with Gasteiger partial charge in [-0.25, -0.2) is 4.79 Å². The maximum absolute atomic E-state index is 11.8. The monoisotopic (exact) mass is 233 g/mol. The van der Waals surface area contributed by atoms with Crippen LogP contribution in [0.2, 0.25) is 0 Å². The smallest absolute Gasteiger partial charge is 0.372 e. The van der Waals surface area contributed by atoms with Gasteiger partial charge in [0.25, 0.3) is 5.56 Å². The summed E-state index contributed by atoms with van der Waals surface area (Å²) < 4.78 is 6.30. The van der Waals surface area contributed by atoms with E-state index in [2.05, 4.69) is 0 Å². The number of rotatable bonds is 3. The molecule has 0 saturated heterocycles. The van der Waals surface area contributed by atoms with Gasteiger partial charge in [0, 0.05) is 17.3 Å². The van der Waals surface area contributed by atoms with Crippen molar-refractivity contribution in [2.24, 2.45) is 0 Å². The first kappa shape index (κ1) is 11.2. The van der Waals surface area contributed by atoms with Crippen LogP contribution in [0.4, 0.5) is 0 Å². The molecule has 0 unspecified atom stereocenters. The van der Waals surface area contributed by atoms with E-state index in [0.717, 1.165) is 0 Å². The average Bonchev–Trinajstić information content (AvgIpc) is 2.73. The molecule has 88 valence electrons. The van der Waals surface area contributed by atoms with E-state index in [1.54, 1.807) is 31.3 Å². The van der Waals surface area contributed by atoms with Crippen LogP contribution in [-0.2, 0) is 6.54 Å². The van der Waals surface area contributed by atoms with Gasteiger partial charge in [0.2, 0.25) is 5.76 Å². The Kier molecular flexibility index (Phi) is 2.82. The largest absolute Gasteiger partial charge is 0.475 e. The predicted octanol–water partition coefficient (Wildman–Crippen LogP) is 1.50. The second-order valence-corrected chi connectivity index (χ2v) is 3.70. The molecule has 0 aliphatic rings. The van der Waals surface area contributed by atoms with Crippen LogP contribution in [0.3, 0.4) is 0 Å². The van der Waals surface area contributed by atoms with Gasteiger partial charge in [0.15, 0.2) is 0 Å². The number of aromatic nitrogens is 1. The van der Waals surface area contributed by atoms with Crippen molar-refractivity contribution in [1.29, 1.82) is 0 Å². The number of hydrogen-bond donors (Lipinski definition) is 1. The molecule has 0 aliphatic heterocycles. The summed E-state index contributed by atoms with van der Waals surface area (Å²) in [5.41, 5.74) is 0.961. The van der Waals surface area contributed by atoms with Crippen molar-refractivity contribution in [3.8, 4) is 0 Å². The van der Waals surface area contributed by atoms with Crippen molar-refractivity contribution in [1.82, 2.24) is 4.57 Å². The number of hydrogen-bond acceptors (Lipinski definition) is 3. The van der Waals surface area contributed by atoms with Crippen molar-refractivity contribution in [3.63, 3.8) is 0 Å². The number of carbonyl (C=O) groups is 1. The zero-order valence-electron chi connectivity index (χ0n) is 9.21. The fourth-order valence-corrected chi connectivity index (χ4v) is 1.61. The fraction of sp³-hybridized carbons (Fsp3) is 0.167. The Morgan fingerprint density at radius 2 is 2.24 bits per heavy atom. The molecule has 0 fully saturated rings. The zero-order chi connectivity index (χ0) is 12.4. The van der Waals surface area contributed by atoms with Crippen LogP contribution in [-0.4, -0.2) is 15.6 Å². The van der Waals surface area contributed by atoms with E-state index in [1.807, 2.05) is 0 Å². The summed E-state index contributed by atoms with van der Waals surface area (Å²) in [5.74, 6) is -1.26. The number of aromatic carboxylic acids is 1. The lowest BCUT2D eigenvalue weighted by Crippen LogP contribution is -2.22. The Bertz CT molecular complexity index is 609. The van der Waals surface area contributed by atoms with E-state index >= 15 is 0 Å². The van der Waals surface area contributed by atoms with Gasteiger partial charge < -0.3 is 14.1 Å². The van der Waals surface area contributed by atoms with Crippen molar-refractivity contribution in [2.75, 3.05) is 0 Å². The molecule has 0 atom stereocenters. The molecule has 2 aromatic rings. The Hall–Kier alpha value is -2.30. The predicted molar refractivity (Wildman–Crippen MR) is 60.2 cm³/mol. The van der Waals surface area contributed by atoms with Crippen LogP contribution in [0, 0.1) is 6.92 Å². The summed E-state index contributed by atoms with van der Waals surface area (Å²) in [6.45, 7) is 1.91. The number of pyridine rings is 1. The molecular formula is C12H11NO4.